The Hall–Kier alpha value is -1.60. The van der Waals surface area contributed by atoms with E-state index in [0.29, 0.717) is 6.04 Å². The topological polar surface area (TPSA) is 12.0 Å². The zero-order valence-corrected chi connectivity index (χ0v) is 12.6. The van der Waals surface area contributed by atoms with Crippen LogP contribution in [0.5, 0.6) is 0 Å². The first-order valence-electron chi connectivity index (χ1n) is 7.48. The van der Waals surface area contributed by atoms with E-state index in [4.69, 9.17) is 0 Å². The minimum absolute atomic E-state index is 0.286. The van der Waals surface area contributed by atoms with Crippen LogP contribution in [-0.4, -0.2) is 7.05 Å². The van der Waals surface area contributed by atoms with Crippen LogP contribution in [-0.2, 0) is 5.41 Å². The van der Waals surface area contributed by atoms with Crippen LogP contribution in [0.2, 0.25) is 0 Å². The molecule has 0 aliphatic heterocycles. The van der Waals surface area contributed by atoms with E-state index in [0.717, 1.165) is 0 Å². The Bertz CT molecular complexity index is 596. The molecule has 1 aliphatic rings. The Labute approximate surface area is 122 Å². The summed E-state index contributed by atoms with van der Waals surface area (Å²) in [5.74, 6) is 0. The van der Waals surface area contributed by atoms with Gasteiger partial charge >= 0.3 is 0 Å². The number of benzene rings is 2. The fourth-order valence-electron chi connectivity index (χ4n) is 3.46. The highest BCUT2D eigenvalue weighted by Crippen LogP contribution is 2.56. The molecule has 0 aromatic heterocycles. The van der Waals surface area contributed by atoms with Gasteiger partial charge in [-0.25, -0.2) is 0 Å². The standard InChI is InChI=1S/C19H23N/c1-14-8-7-11-17(15(14)2)18(20-3)19(12-13-19)16-9-5-4-6-10-16/h4-11,18,20H,12-13H2,1-3H3. The molecular weight excluding hydrogens is 242 g/mol. The average molecular weight is 265 g/mol. The van der Waals surface area contributed by atoms with E-state index < -0.39 is 0 Å². The van der Waals surface area contributed by atoms with Crippen molar-refractivity contribution in [3.8, 4) is 0 Å². The highest BCUT2D eigenvalue weighted by atomic mass is 14.9. The molecule has 20 heavy (non-hydrogen) atoms. The van der Waals surface area contributed by atoms with Crippen molar-refractivity contribution in [3.63, 3.8) is 0 Å². The van der Waals surface area contributed by atoms with Crippen LogP contribution in [0.4, 0.5) is 0 Å². The summed E-state index contributed by atoms with van der Waals surface area (Å²) in [4.78, 5) is 0. The van der Waals surface area contributed by atoms with Gasteiger partial charge in [0.1, 0.15) is 0 Å². The number of nitrogens with one attached hydrogen (secondary N) is 1. The SMILES string of the molecule is CNC(c1cccc(C)c1C)C1(c2ccccc2)CC1. The van der Waals surface area contributed by atoms with Gasteiger partial charge in [-0.15, -0.1) is 0 Å². The minimum Gasteiger partial charge on any atom is -0.312 e. The third kappa shape index (κ3) is 2.06. The van der Waals surface area contributed by atoms with E-state index in [1.54, 1.807) is 0 Å². The number of hydrogen-bond donors (Lipinski definition) is 1. The minimum atomic E-state index is 0.286. The van der Waals surface area contributed by atoms with Crippen molar-refractivity contribution in [1.29, 1.82) is 0 Å². The molecule has 0 saturated heterocycles. The molecular formula is C19H23N. The molecule has 1 atom stereocenters. The van der Waals surface area contributed by atoms with Crippen molar-refractivity contribution in [1.82, 2.24) is 5.32 Å². The molecule has 0 heterocycles. The van der Waals surface area contributed by atoms with Crippen molar-refractivity contribution in [2.45, 2.75) is 38.1 Å². The van der Waals surface area contributed by atoms with Crippen LogP contribution >= 0.6 is 0 Å². The largest absolute Gasteiger partial charge is 0.312 e. The van der Waals surface area contributed by atoms with Crippen LogP contribution in [0.3, 0.4) is 0 Å². The Morgan fingerprint density at radius 3 is 2.25 bits per heavy atom. The number of likely N-dealkylation sites (N-methyl/N-ethyl adjacent to an activating group) is 1. The Morgan fingerprint density at radius 2 is 1.65 bits per heavy atom. The summed E-state index contributed by atoms with van der Waals surface area (Å²) in [6.45, 7) is 4.45. The van der Waals surface area contributed by atoms with Crippen LogP contribution in [0.1, 0.15) is 41.1 Å². The molecule has 1 N–H and O–H groups in total. The van der Waals surface area contributed by atoms with Gasteiger partial charge in [0.2, 0.25) is 0 Å². The van der Waals surface area contributed by atoms with Crippen molar-refractivity contribution < 1.29 is 0 Å². The summed E-state index contributed by atoms with van der Waals surface area (Å²) in [6, 6.07) is 18.1. The van der Waals surface area contributed by atoms with Gasteiger partial charge in [-0.1, -0.05) is 48.5 Å². The molecule has 0 amide bonds. The summed E-state index contributed by atoms with van der Waals surface area (Å²) < 4.78 is 0. The lowest BCUT2D eigenvalue weighted by Gasteiger charge is -2.29. The maximum Gasteiger partial charge on any atom is 0.0418 e. The lowest BCUT2D eigenvalue weighted by molar-refractivity contribution is 0.461. The second-order valence-electron chi connectivity index (χ2n) is 6.03. The van der Waals surface area contributed by atoms with Gasteiger partial charge in [-0.05, 0) is 56.0 Å². The summed E-state index contributed by atoms with van der Waals surface area (Å²) in [7, 11) is 2.09. The second kappa shape index (κ2) is 5.06. The first-order chi connectivity index (χ1) is 9.69. The first kappa shape index (κ1) is 13.4. The van der Waals surface area contributed by atoms with Crippen LogP contribution in [0.25, 0.3) is 0 Å². The quantitative estimate of drug-likeness (QED) is 0.869. The predicted octanol–water partition coefficient (Wildman–Crippen LogP) is 4.30. The monoisotopic (exact) mass is 265 g/mol. The van der Waals surface area contributed by atoms with Gasteiger partial charge in [0.05, 0.1) is 0 Å². The lowest BCUT2D eigenvalue weighted by Crippen LogP contribution is -2.30. The number of aryl methyl sites for hydroxylation is 1. The van der Waals surface area contributed by atoms with Gasteiger partial charge in [0.25, 0.3) is 0 Å². The fraction of sp³-hybridized carbons (Fsp3) is 0.368. The molecule has 0 spiro atoms. The van der Waals surface area contributed by atoms with Crippen LogP contribution in [0.15, 0.2) is 48.5 Å². The van der Waals surface area contributed by atoms with E-state index in [9.17, 15) is 0 Å². The Kier molecular flexibility index (Phi) is 3.39. The van der Waals surface area contributed by atoms with Crippen LogP contribution < -0.4 is 5.32 Å². The molecule has 1 aliphatic carbocycles. The van der Waals surface area contributed by atoms with Gasteiger partial charge in [-0.3, -0.25) is 0 Å². The van der Waals surface area contributed by atoms with Crippen molar-refractivity contribution in [2.24, 2.45) is 0 Å². The lowest BCUT2D eigenvalue weighted by atomic mass is 9.82. The third-order valence-corrected chi connectivity index (χ3v) is 4.94. The fourth-order valence-corrected chi connectivity index (χ4v) is 3.46. The molecule has 3 rings (SSSR count). The second-order valence-corrected chi connectivity index (χ2v) is 6.03. The molecule has 1 fully saturated rings. The molecule has 1 heteroatoms. The normalized spacial score (nSPS) is 17.8. The molecule has 2 aromatic rings. The maximum absolute atomic E-state index is 3.59. The summed E-state index contributed by atoms with van der Waals surface area (Å²) in [6.07, 6.45) is 2.55. The van der Waals surface area contributed by atoms with Crippen molar-refractivity contribution in [3.05, 3.63) is 70.8 Å². The van der Waals surface area contributed by atoms with Gasteiger partial charge in [-0.2, -0.15) is 0 Å². The first-order valence-corrected chi connectivity index (χ1v) is 7.48. The van der Waals surface area contributed by atoms with Gasteiger partial charge in [0.15, 0.2) is 0 Å². The van der Waals surface area contributed by atoms with Gasteiger partial charge < -0.3 is 5.32 Å². The molecule has 0 radical (unpaired) electrons. The van der Waals surface area contributed by atoms with E-state index in [1.807, 2.05) is 0 Å². The summed E-state index contributed by atoms with van der Waals surface area (Å²) in [5.41, 5.74) is 6.02. The average Bonchev–Trinajstić information content (AvgIpc) is 3.27. The zero-order valence-electron chi connectivity index (χ0n) is 12.6. The molecule has 1 nitrogen and oxygen atoms in total. The molecule has 104 valence electrons. The predicted molar refractivity (Wildman–Crippen MR) is 85.1 cm³/mol. The highest BCUT2D eigenvalue weighted by Gasteiger charge is 2.50. The highest BCUT2D eigenvalue weighted by molar-refractivity contribution is 5.43. The Morgan fingerprint density at radius 1 is 0.950 bits per heavy atom. The Balaban J connectivity index is 2.05. The van der Waals surface area contributed by atoms with Crippen molar-refractivity contribution >= 4 is 0 Å². The van der Waals surface area contributed by atoms with Crippen LogP contribution in [0, 0.1) is 13.8 Å². The maximum atomic E-state index is 3.59. The summed E-state index contributed by atoms with van der Waals surface area (Å²) >= 11 is 0. The molecule has 1 saturated carbocycles. The smallest absolute Gasteiger partial charge is 0.0418 e. The number of rotatable bonds is 4. The van der Waals surface area contributed by atoms with Crippen molar-refractivity contribution in [2.75, 3.05) is 7.05 Å². The van der Waals surface area contributed by atoms with E-state index in [2.05, 4.69) is 74.7 Å². The molecule has 2 aromatic carbocycles. The van der Waals surface area contributed by atoms with E-state index >= 15 is 0 Å². The van der Waals surface area contributed by atoms with E-state index in [-0.39, 0.29) is 5.41 Å². The third-order valence-electron chi connectivity index (χ3n) is 4.94. The van der Waals surface area contributed by atoms with E-state index in [1.165, 1.54) is 35.1 Å². The molecule has 0 bridgehead atoms. The van der Waals surface area contributed by atoms with Gasteiger partial charge in [0, 0.05) is 11.5 Å². The number of hydrogen-bond acceptors (Lipinski definition) is 1. The zero-order chi connectivity index (χ0) is 14.2. The molecule has 1 unspecified atom stereocenters. The summed E-state index contributed by atoms with van der Waals surface area (Å²) in [5, 5.41) is 3.59.